The molecule has 92 valence electrons. The van der Waals surface area contributed by atoms with Crippen molar-refractivity contribution in [1.82, 2.24) is 0 Å². The Morgan fingerprint density at radius 2 is 1.88 bits per heavy atom. The smallest absolute Gasteiger partial charge is 0.226 e. The van der Waals surface area contributed by atoms with E-state index in [-0.39, 0.29) is 17.4 Å². The highest BCUT2D eigenvalue weighted by Gasteiger charge is 2.24. The number of hydrogen-bond acceptors (Lipinski definition) is 2. The van der Waals surface area contributed by atoms with Crippen LogP contribution >= 0.6 is 0 Å². The third-order valence-electron chi connectivity index (χ3n) is 2.85. The summed E-state index contributed by atoms with van der Waals surface area (Å²) in [6.45, 7) is 6.59. The van der Waals surface area contributed by atoms with E-state index in [2.05, 4.69) is 31.4 Å². The van der Waals surface area contributed by atoms with Gasteiger partial charge in [0.25, 0.3) is 0 Å². The van der Waals surface area contributed by atoms with Gasteiger partial charge in [-0.25, -0.2) is 0 Å². The molecule has 3 heteroatoms. The minimum absolute atomic E-state index is 0.0942. The van der Waals surface area contributed by atoms with E-state index >= 15 is 0 Å². The highest BCUT2D eigenvalue weighted by atomic mass is 16.1. The van der Waals surface area contributed by atoms with Crippen LogP contribution in [0.5, 0.6) is 0 Å². The number of rotatable bonds is 1. The van der Waals surface area contributed by atoms with Crippen molar-refractivity contribution in [3.05, 3.63) is 24.3 Å². The summed E-state index contributed by atoms with van der Waals surface area (Å²) in [5, 5.41) is 6.40. The number of amides is 1. The molecule has 0 aromatic heterocycles. The normalized spacial score (nSPS) is 19.9. The predicted octanol–water partition coefficient (Wildman–Crippen LogP) is 3.25. The molecule has 1 aliphatic rings. The summed E-state index contributed by atoms with van der Waals surface area (Å²) >= 11 is 0. The number of anilines is 2. The maximum absolute atomic E-state index is 11.8. The van der Waals surface area contributed by atoms with Crippen molar-refractivity contribution in [3.8, 4) is 0 Å². The van der Waals surface area contributed by atoms with E-state index in [0.717, 1.165) is 17.8 Å². The SMILES string of the molecule is CC(C)(C)CC1CC(=O)Nc2ccccc2N1. The molecule has 0 aliphatic carbocycles. The second kappa shape index (κ2) is 4.40. The molecule has 0 fully saturated rings. The largest absolute Gasteiger partial charge is 0.380 e. The number of hydrogen-bond donors (Lipinski definition) is 2. The molecule has 1 atom stereocenters. The van der Waals surface area contributed by atoms with Gasteiger partial charge < -0.3 is 10.6 Å². The molecule has 0 saturated heterocycles. The second-order valence-electron chi connectivity index (χ2n) is 5.90. The number of benzene rings is 1. The first kappa shape index (κ1) is 12.0. The summed E-state index contributed by atoms with van der Waals surface area (Å²) in [7, 11) is 0. The van der Waals surface area contributed by atoms with Crippen molar-refractivity contribution in [3.63, 3.8) is 0 Å². The fraction of sp³-hybridized carbons (Fsp3) is 0.500. The number of para-hydroxylation sites is 2. The lowest BCUT2D eigenvalue weighted by atomic mass is 9.87. The average Bonchev–Trinajstić information content (AvgIpc) is 2.32. The van der Waals surface area contributed by atoms with Crippen LogP contribution in [-0.2, 0) is 4.79 Å². The molecule has 0 radical (unpaired) electrons. The lowest BCUT2D eigenvalue weighted by Crippen LogP contribution is -2.27. The van der Waals surface area contributed by atoms with E-state index in [4.69, 9.17) is 0 Å². The molecule has 2 N–H and O–H groups in total. The Balaban J connectivity index is 2.20. The first-order valence-electron chi connectivity index (χ1n) is 6.09. The third-order valence-corrected chi connectivity index (χ3v) is 2.85. The van der Waals surface area contributed by atoms with E-state index in [1.165, 1.54) is 0 Å². The Morgan fingerprint density at radius 1 is 1.24 bits per heavy atom. The number of nitrogens with one attached hydrogen (secondary N) is 2. The van der Waals surface area contributed by atoms with Crippen molar-refractivity contribution in [2.24, 2.45) is 5.41 Å². The molecular weight excluding hydrogens is 212 g/mol. The zero-order chi connectivity index (χ0) is 12.5. The monoisotopic (exact) mass is 232 g/mol. The van der Waals surface area contributed by atoms with E-state index in [1.54, 1.807) is 0 Å². The van der Waals surface area contributed by atoms with Gasteiger partial charge in [0.1, 0.15) is 0 Å². The van der Waals surface area contributed by atoms with Gasteiger partial charge >= 0.3 is 0 Å². The summed E-state index contributed by atoms with van der Waals surface area (Å²) < 4.78 is 0. The van der Waals surface area contributed by atoms with E-state index in [0.29, 0.717) is 6.42 Å². The van der Waals surface area contributed by atoms with Crippen molar-refractivity contribution < 1.29 is 4.79 Å². The lowest BCUT2D eigenvalue weighted by molar-refractivity contribution is -0.116. The number of carbonyl (C=O) groups excluding carboxylic acids is 1. The van der Waals surface area contributed by atoms with Crippen LogP contribution in [-0.4, -0.2) is 11.9 Å². The fourth-order valence-corrected chi connectivity index (χ4v) is 2.28. The molecular formula is C14H20N2O. The summed E-state index contributed by atoms with van der Waals surface area (Å²) in [6.07, 6.45) is 1.51. The van der Waals surface area contributed by atoms with Crippen molar-refractivity contribution in [1.29, 1.82) is 0 Å². The van der Waals surface area contributed by atoms with Gasteiger partial charge in [-0.2, -0.15) is 0 Å². The van der Waals surface area contributed by atoms with E-state index in [1.807, 2.05) is 24.3 Å². The molecule has 1 unspecified atom stereocenters. The summed E-state index contributed by atoms with van der Waals surface area (Å²) in [4.78, 5) is 11.8. The standard InChI is InChI=1S/C14H20N2O/c1-14(2,3)9-10-8-13(17)16-12-7-5-4-6-11(12)15-10/h4-7,10,15H,8-9H2,1-3H3,(H,16,17). The molecule has 17 heavy (non-hydrogen) atoms. The topological polar surface area (TPSA) is 41.1 Å². The zero-order valence-corrected chi connectivity index (χ0v) is 10.7. The van der Waals surface area contributed by atoms with Crippen LogP contribution in [0.1, 0.15) is 33.6 Å². The van der Waals surface area contributed by atoms with E-state index in [9.17, 15) is 4.79 Å². The highest BCUT2D eigenvalue weighted by molar-refractivity contribution is 5.96. The zero-order valence-electron chi connectivity index (χ0n) is 10.7. The Bertz CT molecular complexity index is 420. The number of carbonyl (C=O) groups is 1. The summed E-state index contributed by atoms with van der Waals surface area (Å²) in [5.41, 5.74) is 2.12. The van der Waals surface area contributed by atoms with Crippen LogP contribution in [0.25, 0.3) is 0 Å². The predicted molar refractivity (Wildman–Crippen MR) is 71.2 cm³/mol. The quantitative estimate of drug-likeness (QED) is 0.780. The maximum Gasteiger partial charge on any atom is 0.226 e. The first-order chi connectivity index (χ1) is 7.94. The second-order valence-corrected chi connectivity index (χ2v) is 5.90. The van der Waals surface area contributed by atoms with Gasteiger partial charge in [-0.05, 0) is 24.0 Å². The van der Waals surface area contributed by atoms with Gasteiger partial charge in [-0.1, -0.05) is 32.9 Å². The molecule has 1 amide bonds. The van der Waals surface area contributed by atoms with Gasteiger partial charge in [-0.3, -0.25) is 4.79 Å². The van der Waals surface area contributed by atoms with Crippen molar-refractivity contribution >= 4 is 17.3 Å². The Morgan fingerprint density at radius 3 is 2.53 bits per heavy atom. The maximum atomic E-state index is 11.8. The Hall–Kier alpha value is -1.51. The van der Waals surface area contributed by atoms with E-state index < -0.39 is 0 Å². The fourth-order valence-electron chi connectivity index (χ4n) is 2.28. The molecule has 0 spiro atoms. The van der Waals surface area contributed by atoms with Gasteiger partial charge in [0.15, 0.2) is 0 Å². The van der Waals surface area contributed by atoms with Crippen LogP contribution in [0.2, 0.25) is 0 Å². The molecule has 1 aliphatic heterocycles. The van der Waals surface area contributed by atoms with Crippen LogP contribution < -0.4 is 10.6 Å². The molecule has 0 saturated carbocycles. The van der Waals surface area contributed by atoms with Crippen LogP contribution in [0.4, 0.5) is 11.4 Å². The Labute approximate surface area is 103 Å². The summed E-state index contributed by atoms with van der Waals surface area (Å²) in [5.74, 6) is 0.0942. The minimum atomic E-state index is 0.0942. The van der Waals surface area contributed by atoms with Crippen molar-refractivity contribution in [2.75, 3.05) is 10.6 Å². The lowest BCUT2D eigenvalue weighted by Gasteiger charge is -2.25. The van der Waals surface area contributed by atoms with Gasteiger partial charge in [0.2, 0.25) is 5.91 Å². The van der Waals surface area contributed by atoms with Crippen LogP contribution in [0.15, 0.2) is 24.3 Å². The molecule has 1 aromatic rings. The molecule has 1 aromatic carbocycles. The third kappa shape index (κ3) is 3.22. The molecule has 2 rings (SSSR count). The minimum Gasteiger partial charge on any atom is -0.380 e. The molecule has 1 heterocycles. The number of fused-ring (bicyclic) bond motifs is 1. The van der Waals surface area contributed by atoms with Gasteiger partial charge in [0.05, 0.1) is 11.4 Å². The molecule has 3 nitrogen and oxygen atoms in total. The van der Waals surface area contributed by atoms with Gasteiger partial charge in [0, 0.05) is 12.5 Å². The Kier molecular flexibility index (Phi) is 3.09. The average molecular weight is 232 g/mol. The van der Waals surface area contributed by atoms with Crippen molar-refractivity contribution in [2.45, 2.75) is 39.7 Å². The van der Waals surface area contributed by atoms with Crippen LogP contribution in [0.3, 0.4) is 0 Å². The highest BCUT2D eigenvalue weighted by Crippen LogP contribution is 2.30. The first-order valence-corrected chi connectivity index (χ1v) is 6.09. The van der Waals surface area contributed by atoms with Gasteiger partial charge in [-0.15, -0.1) is 0 Å². The molecule has 0 bridgehead atoms. The van der Waals surface area contributed by atoms with Crippen LogP contribution in [0, 0.1) is 5.41 Å². The summed E-state index contributed by atoms with van der Waals surface area (Å²) in [6, 6.07) is 8.07.